The highest BCUT2D eigenvalue weighted by atomic mass is 19.3. The highest BCUT2D eigenvalue weighted by Crippen LogP contribution is 2.48. The Labute approximate surface area is 109 Å². The van der Waals surface area contributed by atoms with Crippen molar-refractivity contribution in [3.63, 3.8) is 0 Å². The van der Waals surface area contributed by atoms with Gasteiger partial charge in [0.25, 0.3) is 11.4 Å². The third-order valence-corrected chi connectivity index (χ3v) is 2.57. The molecule has 0 saturated heterocycles. The Morgan fingerprint density at radius 3 is 1.90 bits per heavy atom. The SMILES string of the molecule is Cc1cc([N+](=O)[O-])cc([N+](=O)[O-])c1C(F)(F)C(C)(F)F. The topological polar surface area (TPSA) is 86.3 Å². The summed E-state index contributed by atoms with van der Waals surface area (Å²) in [6.07, 6.45) is 0. The summed E-state index contributed by atoms with van der Waals surface area (Å²) in [5, 5.41) is 21.3. The summed E-state index contributed by atoms with van der Waals surface area (Å²) in [6, 6.07) is 0.823. The molecule has 10 heteroatoms. The predicted octanol–water partition coefficient (Wildman–Crippen LogP) is 3.56. The first kappa shape index (κ1) is 15.8. The first-order valence-corrected chi connectivity index (χ1v) is 5.09. The molecule has 0 radical (unpaired) electrons. The summed E-state index contributed by atoms with van der Waals surface area (Å²) < 4.78 is 53.2. The molecule has 1 rings (SSSR count). The van der Waals surface area contributed by atoms with Crippen LogP contribution in [0.1, 0.15) is 18.1 Å². The number of aryl methyl sites for hydroxylation is 1. The molecule has 0 amide bonds. The number of rotatable bonds is 4. The monoisotopic (exact) mass is 296 g/mol. The van der Waals surface area contributed by atoms with E-state index in [4.69, 9.17) is 0 Å². The van der Waals surface area contributed by atoms with Gasteiger partial charge in [-0.3, -0.25) is 20.2 Å². The number of non-ortho nitro benzene ring substituents is 1. The van der Waals surface area contributed by atoms with Crippen LogP contribution in [0.5, 0.6) is 0 Å². The molecule has 0 unspecified atom stereocenters. The van der Waals surface area contributed by atoms with Gasteiger partial charge >= 0.3 is 11.8 Å². The van der Waals surface area contributed by atoms with Crippen LogP contribution in [0.15, 0.2) is 12.1 Å². The van der Waals surface area contributed by atoms with Gasteiger partial charge in [-0.2, -0.15) is 17.6 Å². The third-order valence-electron chi connectivity index (χ3n) is 2.57. The van der Waals surface area contributed by atoms with Crippen molar-refractivity contribution in [3.8, 4) is 0 Å². The summed E-state index contributed by atoms with van der Waals surface area (Å²) in [6.45, 7) is 0.784. The molecule has 0 aliphatic carbocycles. The molecule has 6 nitrogen and oxygen atoms in total. The quantitative estimate of drug-likeness (QED) is 0.483. The Kier molecular flexibility index (Phi) is 3.70. The number of alkyl halides is 4. The summed E-state index contributed by atoms with van der Waals surface area (Å²) in [4.78, 5) is 18.9. The lowest BCUT2D eigenvalue weighted by molar-refractivity contribution is -0.396. The fourth-order valence-corrected chi connectivity index (χ4v) is 1.63. The largest absolute Gasteiger partial charge is 0.341 e. The summed E-state index contributed by atoms with van der Waals surface area (Å²) in [7, 11) is 0. The van der Waals surface area contributed by atoms with Crippen LogP contribution in [0.25, 0.3) is 0 Å². The molecule has 20 heavy (non-hydrogen) atoms. The normalized spacial score (nSPS) is 12.3. The van der Waals surface area contributed by atoms with Crippen LogP contribution in [0, 0.1) is 27.2 Å². The van der Waals surface area contributed by atoms with Crippen LogP contribution in [-0.4, -0.2) is 15.8 Å². The van der Waals surface area contributed by atoms with E-state index < -0.39 is 44.2 Å². The van der Waals surface area contributed by atoms with E-state index in [1.807, 2.05) is 0 Å². The molecule has 0 spiro atoms. The van der Waals surface area contributed by atoms with Crippen molar-refractivity contribution in [1.82, 2.24) is 0 Å². The van der Waals surface area contributed by atoms with E-state index in [2.05, 4.69) is 0 Å². The maximum absolute atomic E-state index is 13.7. The molecular formula is C10H8F4N2O4. The van der Waals surface area contributed by atoms with E-state index in [9.17, 15) is 37.8 Å². The standard InChI is InChI=1S/C10H8F4N2O4/c1-5-3-6(15(17)18)4-7(16(19)20)8(5)10(13,14)9(2,11)12/h3-4H,1-2H3. The van der Waals surface area contributed by atoms with Crippen molar-refractivity contribution in [2.75, 3.05) is 0 Å². The van der Waals surface area contributed by atoms with Crippen LogP contribution >= 0.6 is 0 Å². The van der Waals surface area contributed by atoms with E-state index in [-0.39, 0.29) is 13.0 Å². The summed E-state index contributed by atoms with van der Waals surface area (Å²) in [5.74, 6) is -9.38. The van der Waals surface area contributed by atoms with Gasteiger partial charge in [-0.1, -0.05) is 0 Å². The Hall–Kier alpha value is -2.26. The van der Waals surface area contributed by atoms with E-state index in [1.165, 1.54) is 0 Å². The van der Waals surface area contributed by atoms with Crippen molar-refractivity contribution in [3.05, 3.63) is 43.5 Å². The van der Waals surface area contributed by atoms with E-state index in [1.54, 1.807) is 0 Å². The molecule has 0 bridgehead atoms. The zero-order chi connectivity index (χ0) is 15.9. The second-order valence-corrected chi connectivity index (χ2v) is 4.13. The maximum atomic E-state index is 13.7. The number of halogens is 4. The fraction of sp³-hybridized carbons (Fsp3) is 0.400. The lowest BCUT2D eigenvalue weighted by Crippen LogP contribution is -2.36. The second kappa shape index (κ2) is 4.69. The van der Waals surface area contributed by atoms with Crippen molar-refractivity contribution < 1.29 is 27.4 Å². The number of nitro benzene ring substituents is 2. The molecule has 1 aromatic rings. The van der Waals surface area contributed by atoms with E-state index in [0.717, 1.165) is 6.92 Å². The van der Waals surface area contributed by atoms with Crippen molar-refractivity contribution in [2.24, 2.45) is 0 Å². The molecule has 0 atom stereocenters. The summed E-state index contributed by atoms with van der Waals surface area (Å²) >= 11 is 0. The number of hydrogen-bond acceptors (Lipinski definition) is 4. The van der Waals surface area contributed by atoms with Gasteiger partial charge < -0.3 is 0 Å². The van der Waals surface area contributed by atoms with Crippen LogP contribution in [-0.2, 0) is 5.92 Å². The van der Waals surface area contributed by atoms with Gasteiger partial charge in [-0.05, 0) is 12.5 Å². The van der Waals surface area contributed by atoms with Gasteiger partial charge in [0, 0.05) is 13.0 Å². The number of hydrogen-bond donors (Lipinski definition) is 0. The minimum Gasteiger partial charge on any atom is -0.258 e. The number of nitro groups is 2. The van der Waals surface area contributed by atoms with Gasteiger partial charge in [-0.15, -0.1) is 0 Å². The van der Waals surface area contributed by atoms with Crippen LogP contribution in [0.2, 0.25) is 0 Å². The zero-order valence-corrected chi connectivity index (χ0v) is 10.2. The lowest BCUT2D eigenvalue weighted by atomic mass is 9.96. The van der Waals surface area contributed by atoms with Gasteiger partial charge in [-0.25, -0.2) is 0 Å². The molecule has 0 fully saturated rings. The highest BCUT2D eigenvalue weighted by molar-refractivity contribution is 5.55. The third kappa shape index (κ3) is 2.53. The predicted molar refractivity (Wildman–Crippen MR) is 59.0 cm³/mol. The Morgan fingerprint density at radius 2 is 1.55 bits per heavy atom. The lowest BCUT2D eigenvalue weighted by Gasteiger charge is -2.24. The van der Waals surface area contributed by atoms with Gasteiger partial charge in [0.1, 0.15) is 5.56 Å². The minimum atomic E-state index is -4.82. The molecule has 0 saturated carbocycles. The Morgan fingerprint density at radius 1 is 1.05 bits per heavy atom. The number of nitrogens with zero attached hydrogens (tertiary/aromatic N) is 2. The molecule has 110 valence electrons. The van der Waals surface area contributed by atoms with E-state index >= 15 is 0 Å². The zero-order valence-electron chi connectivity index (χ0n) is 10.2. The van der Waals surface area contributed by atoms with Crippen molar-refractivity contribution >= 4 is 11.4 Å². The number of benzene rings is 1. The van der Waals surface area contributed by atoms with Crippen molar-refractivity contribution in [2.45, 2.75) is 25.7 Å². The highest BCUT2D eigenvalue weighted by Gasteiger charge is 2.57. The van der Waals surface area contributed by atoms with Gasteiger partial charge in [0.15, 0.2) is 0 Å². The Bertz CT molecular complexity index is 583. The Balaban J connectivity index is 3.71. The molecule has 0 aromatic heterocycles. The van der Waals surface area contributed by atoms with Crippen LogP contribution in [0.3, 0.4) is 0 Å². The summed E-state index contributed by atoms with van der Waals surface area (Å²) in [5.41, 5.74) is -4.42. The molecule has 0 aliphatic heterocycles. The second-order valence-electron chi connectivity index (χ2n) is 4.13. The molecule has 1 aromatic carbocycles. The molecule has 0 aliphatic rings. The average molecular weight is 296 g/mol. The maximum Gasteiger partial charge on any atom is 0.341 e. The van der Waals surface area contributed by atoms with Gasteiger partial charge in [0.2, 0.25) is 0 Å². The molecule has 0 heterocycles. The van der Waals surface area contributed by atoms with Gasteiger partial charge in [0.05, 0.1) is 15.9 Å². The molecular weight excluding hydrogens is 288 g/mol. The van der Waals surface area contributed by atoms with Crippen LogP contribution < -0.4 is 0 Å². The van der Waals surface area contributed by atoms with E-state index in [0.29, 0.717) is 6.07 Å². The minimum absolute atomic E-state index is 0.0857. The first-order chi connectivity index (χ1) is 8.89. The fourth-order valence-electron chi connectivity index (χ4n) is 1.63. The molecule has 0 N–H and O–H groups in total. The smallest absolute Gasteiger partial charge is 0.258 e. The first-order valence-electron chi connectivity index (χ1n) is 5.09. The van der Waals surface area contributed by atoms with Crippen molar-refractivity contribution in [1.29, 1.82) is 0 Å². The van der Waals surface area contributed by atoms with Crippen LogP contribution in [0.4, 0.5) is 28.9 Å². The average Bonchev–Trinajstić information content (AvgIpc) is 2.25.